The van der Waals surface area contributed by atoms with E-state index in [1.54, 1.807) is 12.4 Å². The molecule has 0 aliphatic carbocycles. The Balaban J connectivity index is 1.93. The van der Waals surface area contributed by atoms with Gasteiger partial charge in [-0.25, -0.2) is 0 Å². The molecule has 0 saturated carbocycles. The molecule has 3 aromatic rings. The van der Waals surface area contributed by atoms with Crippen LogP contribution in [0.25, 0.3) is 11.4 Å². The zero-order valence-corrected chi connectivity index (χ0v) is 16.6. The van der Waals surface area contributed by atoms with Crippen LogP contribution >= 0.6 is 11.8 Å². The number of carbonyl (C=O) groups is 1. The predicted octanol–water partition coefficient (Wildman–Crippen LogP) is 3.58. The van der Waals surface area contributed by atoms with Gasteiger partial charge in [-0.3, -0.25) is 9.78 Å². The third-order valence-corrected chi connectivity index (χ3v) is 5.67. The van der Waals surface area contributed by atoms with Gasteiger partial charge in [0, 0.05) is 38.1 Å². The largest absolute Gasteiger partial charge is 0.342 e. The maximum Gasteiger partial charge on any atom is 0.240 e. The van der Waals surface area contributed by atoms with E-state index >= 15 is 0 Å². The van der Waals surface area contributed by atoms with Gasteiger partial charge in [-0.15, -0.1) is 10.2 Å². The molecule has 2 aromatic heterocycles. The molecule has 1 aromatic carbocycles. The average molecular weight is 382 g/mol. The summed E-state index contributed by atoms with van der Waals surface area (Å²) in [5.41, 5.74) is 1.91. The van der Waals surface area contributed by atoms with Crippen molar-refractivity contribution in [1.29, 1.82) is 0 Å². The van der Waals surface area contributed by atoms with Gasteiger partial charge in [0.2, 0.25) is 5.91 Å². The van der Waals surface area contributed by atoms with E-state index in [9.17, 15) is 4.79 Å². The molecular formula is C20H23N5OS. The van der Waals surface area contributed by atoms with E-state index in [1.807, 2.05) is 72.8 Å². The molecule has 27 heavy (non-hydrogen) atoms. The Labute approximate surface area is 163 Å². The Morgan fingerprint density at radius 2 is 1.74 bits per heavy atom. The molecule has 0 spiro atoms. The maximum absolute atomic E-state index is 13.1. The van der Waals surface area contributed by atoms with Crippen LogP contribution in [0.4, 0.5) is 0 Å². The number of nitrogens with zero attached hydrogens (tertiary/aromatic N) is 5. The van der Waals surface area contributed by atoms with Crippen molar-refractivity contribution in [3.8, 4) is 11.4 Å². The lowest BCUT2D eigenvalue weighted by Crippen LogP contribution is -2.34. The van der Waals surface area contributed by atoms with Gasteiger partial charge in [-0.05, 0) is 31.5 Å². The molecule has 0 radical (unpaired) electrons. The lowest BCUT2D eigenvalue weighted by molar-refractivity contribution is -0.130. The molecule has 0 saturated heterocycles. The van der Waals surface area contributed by atoms with E-state index in [2.05, 4.69) is 15.2 Å². The first-order valence-corrected chi connectivity index (χ1v) is 9.83. The summed E-state index contributed by atoms with van der Waals surface area (Å²) in [4.78, 5) is 19.0. The molecule has 7 heteroatoms. The summed E-state index contributed by atoms with van der Waals surface area (Å²) in [6, 6.07) is 13.6. The first-order chi connectivity index (χ1) is 13.2. The number of aromatic nitrogens is 4. The summed E-state index contributed by atoms with van der Waals surface area (Å²) >= 11 is 1.43. The lowest BCUT2D eigenvalue weighted by atomic mass is 10.1. The smallest absolute Gasteiger partial charge is 0.240 e. The Bertz CT molecular complexity index is 878. The van der Waals surface area contributed by atoms with Crippen molar-refractivity contribution in [2.45, 2.75) is 24.3 Å². The van der Waals surface area contributed by atoms with Crippen molar-refractivity contribution >= 4 is 17.7 Å². The third-order valence-electron chi connectivity index (χ3n) is 4.40. The van der Waals surface area contributed by atoms with Crippen molar-refractivity contribution in [3.63, 3.8) is 0 Å². The highest BCUT2D eigenvalue weighted by atomic mass is 32.2. The molecular weight excluding hydrogens is 358 g/mol. The fourth-order valence-electron chi connectivity index (χ4n) is 2.87. The Hall–Kier alpha value is -2.67. The topological polar surface area (TPSA) is 63.9 Å². The van der Waals surface area contributed by atoms with Gasteiger partial charge >= 0.3 is 0 Å². The zero-order valence-electron chi connectivity index (χ0n) is 15.7. The van der Waals surface area contributed by atoms with Crippen LogP contribution in [-0.4, -0.2) is 43.6 Å². The lowest BCUT2D eigenvalue weighted by Gasteiger charge is -2.24. The Kier molecular flexibility index (Phi) is 6.24. The second-order valence-electron chi connectivity index (χ2n) is 6.02. The molecule has 0 bridgehead atoms. The highest BCUT2D eigenvalue weighted by Gasteiger charge is 2.28. The van der Waals surface area contributed by atoms with Gasteiger partial charge < -0.3 is 9.47 Å². The minimum absolute atomic E-state index is 0.0876. The summed E-state index contributed by atoms with van der Waals surface area (Å²) in [5.74, 6) is 0.840. The first kappa shape index (κ1) is 19.1. The molecule has 3 rings (SSSR count). The summed E-state index contributed by atoms with van der Waals surface area (Å²) in [7, 11) is 1.92. The Morgan fingerprint density at radius 1 is 1.07 bits per heavy atom. The van der Waals surface area contributed by atoms with E-state index in [0.717, 1.165) is 17.0 Å². The first-order valence-electron chi connectivity index (χ1n) is 8.95. The highest BCUT2D eigenvalue weighted by molar-refractivity contribution is 8.00. The third kappa shape index (κ3) is 4.19. The summed E-state index contributed by atoms with van der Waals surface area (Å²) in [6.07, 6.45) is 3.46. The number of benzene rings is 1. The minimum Gasteiger partial charge on any atom is -0.342 e. The molecule has 6 nitrogen and oxygen atoms in total. The van der Waals surface area contributed by atoms with Gasteiger partial charge in [-0.1, -0.05) is 42.1 Å². The van der Waals surface area contributed by atoms with Crippen LogP contribution in [0.15, 0.2) is 60.0 Å². The van der Waals surface area contributed by atoms with Gasteiger partial charge in [0.25, 0.3) is 0 Å². The second kappa shape index (κ2) is 8.81. The number of hydrogen-bond acceptors (Lipinski definition) is 5. The van der Waals surface area contributed by atoms with Gasteiger partial charge in [0.1, 0.15) is 5.25 Å². The summed E-state index contributed by atoms with van der Waals surface area (Å²) < 4.78 is 1.92. The molecule has 140 valence electrons. The fraction of sp³-hybridized carbons (Fsp3) is 0.300. The van der Waals surface area contributed by atoms with E-state index in [0.29, 0.717) is 18.2 Å². The zero-order chi connectivity index (χ0) is 19.2. The van der Waals surface area contributed by atoms with E-state index in [1.165, 1.54) is 11.8 Å². The number of rotatable bonds is 7. The van der Waals surface area contributed by atoms with Gasteiger partial charge in [-0.2, -0.15) is 0 Å². The van der Waals surface area contributed by atoms with Crippen LogP contribution in [0.1, 0.15) is 24.7 Å². The van der Waals surface area contributed by atoms with Crippen LogP contribution in [0.5, 0.6) is 0 Å². The van der Waals surface area contributed by atoms with E-state index < -0.39 is 0 Å². The molecule has 0 unspecified atom stereocenters. The highest BCUT2D eigenvalue weighted by Crippen LogP contribution is 2.36. The normalized spacial score (nSPS) is 12.0. The summed E-state index contributed by atoms with van der Waals surface area (Å²) in [5, 5.41) is 9.00. The molecule has 0 aliphatic rings. The van der Waals surface area contributed by atoms with Crippen LogP contribution < -0.4 is 0 Å². The minimum atomic E-state index is -0.362. The van der Waals surface area contributed by atoms with Crippen molar-refractivity contribution in [3.05, 3.63) is 60.4 Å². The average Bonchev–Trinajstić information content (AvgIpc) is 3.08. The van der Waals surface area contributed by atoms with Crippen LogP contribution in [0, 0.1) is 0 Å². The van der Waals surface area contributed by atoms with E-state index in [-0.39, 0.29) is 11.2 Å². The van der Waals surface area contributed by atoms with Crippen molar-refractivity contribution in [1.82, 2.24) is 24.6 Å². The van der Waals surface area contributed by atoms with Gasteiger partial charge in [0.05, 0.1) is 0 Å². The Morgan fingerprint density at radius 3 is 2.37 bits per heavy atom. The van der Waals surface area contributed by atoms with Crippen LogP contribution in [-0.2, 0) is 11.8 Å². The number of hydrogen-bond donors (Lipinski definition) is 0. The molecule has 1 amide bonds. The molecule has 0 fully saturated rings. The summed E-state index contributed by atoms with van der Waals surface area (Å²) in [6.45, 7) is 5.36. The van der Waals surface area contributed by atoms with Crippen LogP contribution in [0.3, 0.4) is 0 Å². The maximum atomic E-state index is 13.1. The SMILES string of the molecule is CCN(CC)C(=O)[C@H](Sc1nnc(-c2ccncc2)n1C)c1ccccc1. The van der Waals surface area contributed by atoms with Crippen molar-refractivity contribution in [2.24, 2.45) is 7.05 Å². The number of pyridine rings is 1. The van der Waals surface area contributed by atoms with Crippen molar-refractivity contribution in [2.75, 3.05) is 13.1 Å². The second-order valence-corrected chi connectivity index (χ2v) is 7.09. The molecule has 0 N–H and O–H groups in total. The van der Waals surface area contributed by atoms with Crippen LogP contribution in [0.2, 0.25) is 0 Å². The molecule has 0 aliphatic heterocycles. The predicted molar refractivity (Wildman–Crippen MR) is 107 cm³/mol. The van der Waals surface area contributed by atoms with Crippen molar-refractivity contribution < 1.29 is 4.79 Å². The van der Waals surface area contributed by atoms with E-state index in [4.69, 9.17) is 0 Å². The standard InChI is InChI=1S/C20H23N5OS/c1-4-25(5-2)19(26)17(15-9-7-6-8-10-15)27-20-23-22-18(24(20)3)16-11-13-21-14-12-16/h6-14,17H,4-5H2,1-3H3/t17-/m1/s1. The number of amides is 1. The number of thioether (sulfide) groups is 1. The number of likely N-dealkylation sites (N-methyl/N-ethyl adjacent to an activating group) is 1. The molecule has 2 heterocycles. The number of carbonyl (C=O) groups excluding carboxylic acids is 1. The van der Waals surface area contributed by atoms with Gasteiger partial charge in [0.15, 0.2) is 11.0 Å². The quantitative estimate of drug-likeness (QED) is 0.585. The fourth-order valence-corrected chi connectivity index (χ4v) is 3.95. The monoisotopic (exact) mass is 381 g/mol. The molecule has 1 atom stereocenters.